The fourth-order valence-corrected chi connectivity index (χ4v) is 2.85. The summed E-state index contributed by atoms with van der Waals surface area (Å²) in [6, 6.07) is 3.49. The van der Waals surface area contributed by atoms with Gasteiger partial charge in [-0.2, -0.15) is 0 Å². The van der Waals surface area contributed by atoms with Crippen molar-refractivity contribution >= 4 is 25.8 Å². The number of halogens is 1. The lowest BCUT2D eigenvalue weighted by atomic mass is 10.3. The number of hydrogen-bond donors (Lipinski definition) is 1. The standard InChI is InChI=1S/C10H15BrN2O2S/c1-8(4-5-12)16(14,15)7-10-3-2-9(11)6-13-10/h2-3,6,8H,4-5,7,12H2,1H3. The minimum Gasteiger partial charge on any atom is -0.330 e. The zero-order chi connectivity index (χ0) is 12.2. The molecule has 16 heavy (non-hydrogen) atoms. The second-order valence-electron chi connectivity index (χ2n) is 3.66. The summed E-state index contributed by atoms with van der Waals surface area (Å²) in [7, 11) is -3.15. The van der Waals surface area contributed by atoms with Crippen molar-refractivity contribution in [1.82, 2.24) is 4.98 Å². The molecule has 1 aromatic rings. The largest absolute Gasteiger partial charge is 0.330 e. The van der Waals surface area contributed by atoms with Crippen molar-refractivity contribution in [2.45, 2.75) is 24.3 Å². The van der Waals surface area contributed by atoms with E-state index in [9.17, 15) is 8.42 Å². The first-order valence-corrected chi connectivity index (χ1v) is 7.48. The molecule has 0 saturated heterocycles. The van der Waals surface area contributed by atoms with E-state index >= 15 is 0 Å². The average molecular weight is 307 g/mol. The third-order valence-electron chi connectivity index (χ3n) is 2.32. The van der Waals surface area contributed by atoms with E-state index in [4.69, 9.17) is 5.73 Å². The van der Waals surface area contributed by atoms with Gasteiger partial charge in [-0.3, -0.25) is 4.98 Å². The number of sulfone groups is 1. The van der Waals surface area contributed by atoms with Gasteiger partial charge in [0.2, 0.25) is 0 Å². The Kier molecular flexibility index (Phi) is 4.89. The Bertz CT molecular complexity index is 431. The Morgan fingerprint density at radius 3 is 2.69 bits per heavy atom. The van der Waals surface area contributed by atoms with E-state index in [2.05, 4.69) is 20.9 Å². The molecule has 0 aliphatic rings. The van der Waals surface area contributed by atoms with Crippen LogP contribution in [0.3, 0.4) is 0 Å². The van der Waals surface area contributed by atoms with Crippen molar-refractivity contribution in [3.05, 3.63) is 28.5 Å². The van der Waals surface area contributed by atoms with Gasteiger partial charge >= 0.3 is 0 Å². The Morgan fingerprint density at radius 1 is 1.50 bits per heavy atom. The number of nitrogens with zero attached hydrogens (tertiary/aromatic N) is 1. The number of hydrogen-bond acceptors (Lipinski definition) is 4. The van der Waals surface area contributed by atoms with Gasteiger partial charge in [-0.25, -0.2) is 8.42 Å². The average Bonchev–Trinajstić information content (AvgIpc) is 2.21. The molecule has 0 aliphatic heterocycles. The van der Waals surface area contributed by atoms with Crippen molar-refractivity contribution in [2.75, 3.05) is 6.54 Å². The van der Waals surface area contributed by atoms with Gasteiger partial charge in [-0.05, 0) is 48.0 Å². The number of nitrogens with two attached hydrogens (primary N) is 1. The van der Waals surface area contributed by atoms with Crippen LogP contribution in [0.1, 0.15) is 19.0 Å². The molecule has 2 N–H and O–H groups in total. The molecule has 1 heterocycles. The number of pyridine rings is 1. The Balaban J connectivity index is 2.76. The topological polar surface area (TPSA) is 73.1 Å². The quantitative estimate of drug-likeness (QED) is 0.894. The molecule has 1 rings (SSSR count). The van der Waals surface area contributed by atoms with Crippen LogP contribution in [0.15, 0.2) is 22.8 Å². The molecule has 90 valence electrons. The van der Waals surface area contributed by atoms with Gasteiger partial charge in [0.1, 0.15) is 0 Å². The second kappa shape index (κ2) is 5.75. The first-order chi connectivity index (χ1) is 7.45. The predicted molar refractivity (Wildman–Crippen MR) is 67.7 cm³/mol. The van der Waals surface area contributed by atoms with Gasteiger partial charge in [0.15, 0.2) is 9.84 Å². The zero-order valence-corrected chi connectivity index (χ0v) is 11.5. The van der Waals surface area contributed by atoms with Crippen molar-refractivity contribution < 1.29 is 8.42 Å². The second-order valence-corrected chi connectivity index (χ2v) is 7.00. The van der Waals surface area contributed by atoms with E-state index in [0.717, 1.165) is 4.47 Å². The smallest absolute Gasteiger partial charge is 0.158 e. The van der Waals surface area contributed by atoms with E-state index in [1.54, 1.807) is 25.3 Å². The number of aromatic nitrogens is 1. The lowest BCUT2D eigenvalue weighted by molar-refractivity contribution is 0.576. The highest BCUT2D eigenvalue weighted by molar-refractivity contribution is 9.10. The predicted octanol–water partition coefficient (Wildman–Crippen LogP) is 1.50. The number of rotatable bonds is 5. The summed E-state index contributed by atoms with van der Waals surface area (Å²) in [6.45, 7) is 2.06. The molecule has 1 unspecified atom stereocenters. The Labute approximate surface area is 104 Å². The molecule has 0 aromatic carbocycles. The maximum Gasteiger partial charge on any atom is 0.158 e. The summed E-state index contributed by atoms with van der Waals surface area (Å²) >= 11 is 3.25. The van der Waals surface area contributed by atoms with Crippen molar-refractivity contribution in [1.29, 1.82) is 0 Å². The highest BCUT2D eigenvalue weighted by Crippen LogP contribution is 2.13. The summed E-state index contributed by atoms with van der Waals surface area (Å²) in [4.78, 5) is 4.05. The van der Waals surface area contributed by atoms with Gasteiger partial charge in [-0.1, -0.05) is 0 Å². The Hall–Kier alpha value is -0.460. The van der Waals surface area contributed by atoms with Crippen LogP contribution in [0.4, 0.5) is 0 Å². The lowest BCUT2D eigenvalue weighted by Crippen LogP contribution is -2.23. The maximum absolute atomic E-state index is 11.9. The van der Waals surface area contributed by atoms with Crippen LogP contribution in [0, 0.1) is 0 Å². The molecule has 0 aliphatic carbocycles. The molecule has 0 spiro atoms. The van der Waals surface area contributed by atoms with Gasteiger partial charge in [0.25, 0.3) is 0 Å². The molecule has 1 aromatic heterocycles. The molecular formula is C10H15BrN2O2S. The van der Waals surface area contributed by atoms with Gasteiger partial charge < -0.3 is 5.73 Å². The van der Waals surface area contributed by atoms with Gasteiger partial charge in [0.05, 0.1) is 16.7 Å². The molecular weight excluding hydrogens is 292 g/mol. The molecule has 6 heteroatoms. The molecule has 0 fully saturated rings. The summed E-state index contributed by atoms with van der Waals surface area (Å²) in [6.07, 6.45) is 2.08. The molecule has 0 amide bonds. The molecule has 1 atom stereocenters. The van der Waals surface area contributed by atoms with Crippen LogP contribution >= 0.6 is 15.9 Å². The zero-order valence-electron chi connectivity index (χ0n) is 9.06. The van der Waals surface area contributed by atoms with E-state index in [0.29, 0.717) is 18.7 Å². The van der Waals surface area contributed by atoms with Crippen molar-refractivity contribution in [3.63, 3.8) is 0 Å². The minimum atomic E-state index is -3.15. The van der Waals surface area contributed by atoms with E-state index < -0.39 is 15.1 Å². The first-order valence-electron chi connectivity index (χ1n) is 4.98. The van der Waals surface area contributed by atoms with Crippen LogP contribution in [0.2, 0.25) is 0 Å². The van der Waals surface area contributed by atoms with Crippen LogP contribution < -0.4 is 5.73 Å². The van der Waals surface area contributed by atoms with Crippen LogP contribution in [0.25, 0.3) is 0 Å². The molecule has 0 saturated carbocycles. The minimum absolute atomic E-state index is 0.0263. The summed E-state index contributed by atoms with van der Waals surface area (Å²) < 4.78 is 24.6. The Morgan fingerprint density at radius 2 is 2.19 bits per heavy atom. The first kappa shape index (κ1) is 13.6. The van der Waals surface area contributed by atoms with E-state index in [-0.39, 0.29) is 5.75 Å². The van der Waals surface area contributed by atoms with E-state index in [1.165, 1.54) is 0 Å². The maximum atomic E-state index is 11.9. The van der Waals surface area contributed by atoms with Crippen molar-refractivity contribution in [2.24, 2.45) is 5.73 Å². The van der Waals surface area contributed by atoms with Crippen molar-refractivity contribution in [3.8, 4) is 0 Å². The molecule has 4 nitrogen and oxygen atoms in total. The third-order valence-corrected chi connectivity index (χ3v) is 4.95. The van der Waals surface area contributed by atoms with Crippen LogP contribution in [0.5, 0.6) is 0 Å². The highest BCUT2D eigenvalue weighted by atomic mass is 79.9. The lowest BCUT2D eigenvalue weighted by Gasteiger charge is -2.11. The van der Waals surface area contributed by atoms with Crippen LogP contribution in [-0.4, -0.2) is 25.2 Å². The van der Waals surface area contributed by atoms with Gasteiger partial charge in [-0.15, -0.1) is 0 Å². The van der Waals surface area contributed by atoms with Gasteiger partial charge in [0, 0.05) is 10.7 Å². The summed E-state index contributed by atoms with van der Waals surface area (Å²) in [5, 5.41) is -0.414. The molecule has 0 bridgehead atoms. The third kappa shape index (κ3) is 3.84. The SMILES string of the molecule is CC(CCN)S(=O)(=O)Cc1ccc(Br)cn1. The monoisotopic (exact) mass is 306 g/mol. The summed E-state index contributed by atoms with van der Waals surface area (Å²) in [5.74, 6) is -0.0263. The molecule has 0 radical (unpaired) electrons. The highest BCUT2D eigenvalue weighted by Gasteiger charge is 2.20. The van der Waals surface area contributed by atoms with Crippen LogP contribution in [-0.2, 0) is 15.6 Å². The van der Waals surface area contributed by atoms with E-state index in [1.807, 2.05) is 0 Å². The summed E-state index contributed by atoms with van der Waals surface area (Å²) in [5.41, 5.74) is 5.92. The fraction of sp³-hybridized carbons (Fsp3) is 0.500. The fourth-order valence-electron chi connectivity index (χ4n) is 1.25. The normalized spacial score (nSPS) is 13.7.